The summed E-state index contributed by atoms with van der Waals surface area (Å²) in [4.78, 5) is 37.1. The molecule has 4 aliphatic carbocycles. The maximum Gasteiger partial charge on any atom is 0.303 e. The standard InChI is InChI=1S/C26H32F2O7/c1-13(29)33-12-20(32)26-21(34-22(2,3)35-26)10-15-16-9-18(27)17-8-14(30)6-7-23(17,4)25(16,28)19(31)11-24(15,26)5/h6-8,15-16,18-19,21,31H,9-12H2,1-5H3/t15-,16+,18+,19-,21-,23+,24+,25+,26-/m1/s1. The molecule has 0 bridgehead atoms. The predicted molar refractivity (Wildman–Crippen MR) is 118 cm³/mol. The van der Waals surface area contributed by atoms with Crippen molar-refractivity contribution in [1.82, 2.24) is 0 Å². The van der Waals surface area contributed by atoms with Crippen LogP contribution in [0.2, 0.25) is 0 Å². The Hall–Kier alpha value is -1.97. The van der Waals surface area contributed by atoms with Gasteiger partial charge in [-0.2, -0.15) is 0 Å². The smallest absolute Gasteiger partial charge is 0.303 e. The van der Waals surface area contributed by atoms with Crippen molar-refractivity contribution in [3.63, 3.8) is 0 Å². The second-order valence-electron chi connectivity index (χ2n) is 11.6. The van der Waals surface area contributed by atoms with E-state index in [0.29, 0.717) is 0 Å². The third kappa shape index (κ3) is 2.95. The molecule has 0 aromatic rings. The predicted octanol–water partition coefficient (Wildman–Crippen LogP) is 2.94. The van der Waals surface area contributed by atoms with Crippen LogP contribution in [-0.2, 0) is 28.6 Å². The number of halogens is 2. The van der Waals surface area contributed by atoms with Crippen LogP contribution in [0.1, 0.15) is 53.9 Å². The highest BCUT2D eigenvalue weighted by molar-refractivity contribution is 6.01. The van der Waals surface area contributed by atoms with Gasteiger partial charge in [0.15, 0.2) is 29.4 Å². The van der Waals surface area contributed by atoms with Crippen molar-refractivity contribution in [2.75, 3.05) is 6.61 Å². The molecule has 0 aromatic carbocycles. The summed E-state index contributed by atoms with van der Waals surface area (Å²) in [6.45, 7) is 7.28. The minimum atomic E-state index is -2.27. The maximum atomic E-state index is 17.3. The first-order chi connectivity index (χ1) is 16.1. The van der Waals surface area contributed by atoms with Crippen LogP contribution in [0, 0.1) is 22.7 Å². The van der Waals surface area contributed by atoms with Gasteiger partial charge in [0, 0.05) is 23.7 Å². The zero-order valence-corrected chi connectivity index (χ0v) is 20.6. The van der Waals surface area contributed by atoms with Crippen LogP contribution in [0.4, 0.5) is 8.78 Å². The minimum Gasteiger partial charge on any atom is -0.458 e. The van der Waals surface area contributed by atoms with Crippen molar-refractivity contribution >= 4 is 17.5 Å². The molecular formula is C26H32F2O7. The number of rotatable bonds is 3. The largest absolute Gasteiger partial charge is 0.458 e. The molecule has 1 heterocycles. The fourth-order valence-electron chi connectivity index (χ4n) is 8.08. The Morgan fingerprint density at radius 1 is 1.20 bits per heavy atom. The average molecular weight is 495 g/mol. The van der Waals surface area contributed by atoms with E-state index in [0.717, 1.165) is 6.08 Å². The van der Waals surface area contributed by atoms with Crippen molar-refractivity contribution in [2.45, 2.75) is 89.3 Å². The number of hydrogen-bond donors (Lipinski definition) is 1. The number of fused-ring (bicyclic) bond motifs is 7. The summed E-state index contributed by atoms with van der Waals surface area (Å²) < 4.78 is 50.3. The van der Waals surface area contributed by atoms with E-state index in [1.165, 1.54) is 26.0 Å². The van der Waals surface area contributed by atoms with E-state index in [4.69, 9.17) is 14.2 Å². The summed E-state index contributed by atoms with van der Waals surface area (Å²) in [6, 6.07) is 0. The lowest BCUT2D eigenvalue weighted by molar-refractivity contribution is -0.249. The molecule has 4 fully saturated rings. The number of esters is 1. The molecule has 35 heavy (non-hydrogen) atoms. The number of ether oxygens (including phenoxy) is 3. The number of alkyl halides is 2. The Morgan fingerprint density at radius 3 is 2.54 bits per heavy atom. The lowest BCUT2D eigenvalue weighted by atomic mass is 9.44. The number of aliphatic hydroxyl groups is 1. The molecule has 1 N–H and O–H groups in total. The minimum absolute atomic E-state index is 0.0406. The molecule has 7 nitrogen and oxygen atoms in total. The molecule has 9 heteroatoms. The summed E-state index contributed by atoms with van der Waals surface area (Å²) in [5.74, 6) is -4.23. The van der Waals surface area contributed by atoms with E-state index in [2.05, 4.69) is 0 Å². The van der Waals surface area contributed by atoms with Crippen molar-refractivity contribution in [2.24, 2.45) is 22.7 Å². The molecule has 3 saturated carbocycles. The number of allylic oxidation sites excluding steroid dienone is 4. The van der Waals surface area contributed by atoms with E-state index in [1.54, 1.807) is 20.8 Å². The van der Waals surface area contributed by atoms with Crippen molar-refractivity contribution in [3.8, 4) is 0 Å². The fraction of sp³-hybridized carbons (Fsp3) is 0.731. The molecule has 0 radical (unpaired) electrons. The molecular weight excluding hydrogens is 462 g/mol. The number of aliphatic hydroxyl groups excluding tert-OH is 1. The molecule has 1 aliphatic heterocycles. The van der Waals surface area contributed by atoms with Crippen LogP contribution in [-0.4, -0.2) is 64.7 Å². The van der Waals surface area contributed by atoms with Gasteiger partial charge in [0.2, 0.25) is 5.78 Å². The number of ketones is 2. The molecule has 9 atom stereocenters. The van der Waals surface area contributed by atoms with Gasteiger partial charge < -0.3 is 19.3 Å². The highest BCUT2D eigenvalue weighted by Gasteiger charge is 2.80. The average Bonchev–Trinajstić information content (AvgIpc) is 3.16. The van der Waals surface area contributed by atoms with E-state index >= 15 is 8.78 Å². The molecule has 5 aliphatic rings. The van der Waals surface area contributed by atoms with E-state index in [1.807, 2.05) is 0 Å². The van der Waals surface area contributed by atoms with Crippen molar-refractivity contribution in [3.05, 3.63) is 23.8 Å². The zero-order chi connectivity index (χ0) is 25.8. The second kappa shape index (κ2) is 7.29. The Labute approximate surface area is 202 Å². The number of hydrogen-bond acceptors (Lipinski definition) is 7. The second-order valence-corrected chi connectivity index (χ2v) is 11.6. The molecule has 5 rings (SSSR count). The Kier molecular flexibility index (Phi) is 5.15. The maximum absolute atomic E-state index is 17.3. The van der Waals surface area contributed by atoms with Gasteiger partial charge in [-0.15, -0.1) is 0 Å². The number of carbonyl (C=O) groups is 3. The highest BCUT2D eigenvalue weighted by atomic mass is 19.1. The van der Waals surface area contributed by atoms with Crippen LogP contribution >= 0.6 is 0 Å². The SMILES string of the molecule is CC(=O)OCC(=O)[C@@]12OC(C)(C)O[C@@H]1C[C@@H]1[C@@H]3C[C@H](F)C4=CC(=O)C=C[C@]4(C)[C@@]3(F)[C@H](O)C[C@@]12C. The molecule has 0 aromatic heterocycles. The van der Waals surface area contributed by atoms with Gasteiger partial charge in [0.05, 0.1) is 12.2 Å². The van der Waals surface area contributed by atoms with E-state index < -0.39 is 82.2 Å². The van der Waals surface area contributed by atoms with Crippen LogP contribution in [0.25, 0.3) is 0 Å². The number of Topliss-reactive ketones (excluding diaryl/α,β-unsaturated/α-hetero) is 1. The monoisotopic (exact) mass is 494 g/mol. The van der Waals surface area contributed by atoms with E-state index in [-0.39, 0.29) is 24.8 Å². The summed E-state index contributed by atoms with van der Waals surface area (Å²) in [5, 5.41) is 11.5. The van der Waals surface area contributed by atoms with E-state index in [9.17, 15) is 19.5 Å². The molecule has 192 valence electrons. The van der Waals surface area contributed by atoms with Gasteiger partial charge in [-0.1, -0.05) is 13.0 Å². The highest BCUT2D eigenvalue weighted by Crippen LogP contribution is 2.72. The first-order valence-electron chi connectivity index (χ1n) is 12.1. The molecule has 0 amide bonds. The third-order valence-corrected chi connectivity index (χ3v) is 9.44. The van der Waals surface area contributed by atoms with Gasteiger partial charge in [0.1, 0.15) is 6.17 Å². The lowest BCUT2D eigenvalue weighted by Crippen LogP contribution is -2.71. The summed E-state index contributed by atoms with van der Waals surface area (Å²) in [5.41, 5.74) is -6.46. The topological polar surface area (TPSA) is 99.1 Å². The normalized spacial score (nSPS) is 49.4. The van der Waals surface area contributed by atoms with Crippen molar-refractivity contribution in [1.29, 1.82) is 0 Å². The molecule has 0 spiro atoms. The third-order valence-electron chi connectivity index (χ3n) is 9.44. The number of carbonyl (C=O) groups excluding carboxylic acids is 3. The zero-order valence-electron chi connectivity index (χ0n) is 20.6. The Balaban J connectivity index is 1.62. The van der Waals surface area contributed by atoms with Gasteiger partial charge in [-0.25, -0.2) is 8.78 Å². The first kappa shape index (κ1) is 24.7. The fourth-order valence-corrected chi connectivity index (χ4v) is 8.08. The Morgan fingerprint density at radius 2 is 1.89 bits per heavy atom. The Bertz CT molecular complexity index is 1070. The van der Waals surface area contributed by atoms with Crippen LogP contribution in [0.5, 0.6) is 0 Å². The quantitative estimate of drug-likeness (QED) is 0.603. The van der Waals surface area contributed by atoms with Gasteiger partial charge >= 0.3 is 5.97 Å². The van der Waals surface area contributed by atoms with Gasteiger partial charge in [-0.05, 0) is 63.7 Å². The summed E-state index contributed by atoms with van der Waals surface area (Å²) in [6.07, 6.45) is -0.345. The molecule has 0 unspecified atom stereocenters. The van der Waals surface area contributed by atoms with Gasteiger partial charge in [-0.3, -0.25) is 14.4 Å². The summed E-state index contributed by atoms with van der Waals surface area (Å²) >= 11 is 0. The van der Waals surface area contributed by atoms with Crippen LogP contribution in [0.3, 0.4) is 0 Å². The van der Waals surface area contributed by atoms with Crippen LogP contribution in [0.15, 0.2) is 23.8 Å². The first-order valence-corrected chi connectivity index (χ1v) is 12.1. The lowest BCUT2D eigenvalue weighted by Gasteiger charge is -2.63. The summed E-state index contributed by atoms with van der Waals surface area (Å²) in [7, 11) is 0. The van der Waals surface area contributed by atoms with Crippen LogP contribution < -0.4 is 0 Å². The molecule has 1 saturated heterocycles. The van der Waals surface area contributed by atoms with Crippen molar-refractivity contribution < 1.29 is 42.5 Å². The van der Waals surface area contributed by atoms with Gasteiger partial charge in [0.25, 0.3) is 0 Å².